The Labute approximate surface area is 124 Å². The van der Waals surface area contributed by atoms with Crippen molar-refractivity contribution in [2.24, 2.45) is 0 Å². The number of hydrogen-bond acceptors (Lipinski definition) is 5. The minimum atomic E-state index is -0.500. The van der Waals surface area contributed by atoms with Crippen LogP contribution in [0.3, 0.4) is 0 Å². The Morgan fingerprint density at radius 2 is 2.15 bits per heavy atom. The first-order valence-corrected chi connectivity index (χ1v) is 7.12. The molecule has 2 aliphatic heterocycles. The van der Waals surface area contributed by atoms with Gasteiger partial charge in [0, 0.05) is 0 Å². The lowest BCUT2D eigenvalue weighted by molar-refractivity contribution is -0.122. The van der Waals surface area contributed by atoms with Gasteiger partial charge in [-0.1, -0.05) is 30.0 Å². The van der Waals surface area contributed by atoms with Crippen LogP contribution in [0.4, 0.5) is 5.69 Å². The van der Waals surface area contributed by atoms with Gasteiger partial charge in [-0.3, -0.25) is 9.59 Å². The summed E-state index contributed by atoms with van der Waals surface area (Å²) in [5.41, 5.74) is 1.40. The Bertz CT molecular complexity index is 670. The number of benzene rings is 1. The van der Waals surface area contributed by atoms with Crippen molar-refractivity contribution in [3.05, 3.63) is 28.7 Å². The maximum absolute atomic E-state index is 11.6. The van der Waals surface area contributed by atoms with Crippen molar-refractivity contribution in [2.75, 3.05) is 5.32 Å². The second-order valence-electron chi connectivity index (χ2n) is 4.36. The standard InChI is InChI=1S/C13H10N2O3S2/c1-6-11(16)14-8-4-7(2-3-9(8)18-6)5-10-12(17)15-13(19)20-10/h2-6H,1H3,(H,14,16)(H,15,17,19)/t6-/m0/s1. The number of rotatable bonds is 1. The maximum atomic E-state index is 11.6. The Balaban J connectivity index is 1.92. The van der Waals surface area contributed by atoms with Gasteiger partial charge in [-0.2, -0.15) is 0 Å². The third-order valence-corrected chi connectivity index (χ3v) is 4.04. The summed E-state index contributed by atoms with van der Waals surface area (Å²) in [6.07, 6.45) is 1.23. The summed E-state index contributed by atoms with van der Waals surface area (Å²) in [4.78, 5) is 23.7. The second kappa shape index (κ2) is 4.92. The van der Waals surface area contributed by atoms with Crippen LogP contribution in [0.25, 0.3) is 6.08 Å². The van der Waals surface area contributed by atoms with Gasteiger partial charge in [-0.15, -0.1) is 0 Å². The molecule has 102 valence electrons. The van der Waals surface area contributed by atoms with Gasteiger partial charge in [0.15, 0.2) is 6.10 Å². The van der Waals surface area contributed by atoms with E-state index in [1.807, 2.05) is 6.07 Å². The lowest BCUT2D eigenvalue weighted by Crippen LogP contribution is -2.34. The first-order valence-electron chi connectivity index (χ1n) is 5.89. The second-order valence-corrected chi connectivity index (χ2v) is 6.08. The number of nitrogens with one attached hydrogen (secondary N) is 2. The van der Waals surface area contributed by atoms with Crippen LogP contribution >= 0.6 is 24.0 Å². The molecule has 3 rings (SSSR count). The quantitative estimate of drug-likeness (QED) is 0.613. The third kappa shape index (κ3) is 2.41. The lowest BCUT2D eigenvalue weighted by Gasteiger charge is -2.23. The molecule has 0 aromatic heterocycles. The molecule has 2 heterocycles. The molecule has 1 saturated heterocycles. The van der Waals surface area contributed by atoms with Gasteiger partial charge in [0.1, 0.15) is 10.1 Å². The highest BCUT2D eigenvalue weighted by Gasteiger charge is 2.24. The Morgan fingerprint density at radius 1 is 1.35 bits per heavy atom. The summed E-state index contributed by atoms with van der Waals surface area (Å²) in [7, 11) is 0. The number of anilines is 1. The first-order chi connectivity index (χ1) is 9.52. The van der Waals surface area contributed by atoms with Gasteiger partial charge in [-0.25, -0.2) is 0 Å². The summed E-state index contributed by atoms with van der Waals surface area (Å²) < 4.78 is 5.92. The minimum absolute atomic E-state index is 0.184. The summed E-state index contributed by atoms with van der Waals surface area (Å²) >= 11 is 6.15. The third-order valence-electron chi connectivity index (χ3n) is 2.87. The molecule has 2 N–H and O–H groups in total. The van der Waals surface area contributed by atoms with Crippen molar-refractivity contribution in [1.29, 1.82) is 0 Å². The zero-order valence-electron chi connectivity index (χ0n) is 10.4. The van der Waals surface area contributed by atoms with Crippen LogP contribution in [-0.4, -0.2) is 22.2 Å². The Kier molecular flexibility index (Phi) is 3.23. The molecule has 0 bridgehead atoms. The van der Waals surface area contributed by atoms with Crippen molar-refractivity contribution in [3.8, 4) is 5.75 Å². The molecule has 0 spiro atoms. The molecule has 0 saturated carbocycles. The molecule has 2 amide bonds. The number of amides is 2. The average molecular weight is 306 g/mol. The van der Waals surface area contributed by atoms with E-state index in [1.54, 1.807) is 25.1 Å². The van der Waals surface area contributed by atoms with E-state index in [2.05, 4.69) is 10.6 Å². The molecule has 20 heavy (non-hydrogen) atoms. The summed E-state index contributed by atoms with van der Waals surface area (Å²) in [5.74, 6) is 0.237. The van der Waals surface area contributed by atoms with Crippen molar-refractivity contribution in [3.63, 3.8) is 0 Å². The van der Waals surface area contributed by atoms with E-state index in [0.29, 0.717) is 20.7 Å². The molecule has 0 unspecified atom stereocenters. The number of carbonyl (C=O) groups is 2. The predicted octanol–water partition coefficient (Wildman–Crippen LogP) is 1.89. The molecule has 1 fully saturated rings. The predicted molar refractivity (Wildman–Crippen MR) is 81.5 cm³/mol. The number of fused-ring (bicyclic) bond motifs is 1. The van der Waals surface area contributed by atoms with E-state index >= 15 is 0 Å². The summed E-state index contributed by atoms with van der Waals surface area (Å²) in [6, 6.07) is 5.36. The van der Waals surface area contributed by atoms with E-state index in [-0.39, 0.29) is 11.8 Å². The van der Waals surface area contributed by atoms with Crippen LogP contribution in [0.5, 0.6) is 5.75 Å². The molecular weight excluding hydrogens is 296 g/mol. The molecular formula is C13H10N2O3S2. The van der Waals surface area contributed by atoms with Crippen molar-refractivity contribution in [1.82, 2.24) is 5.32 Å². The highest BCUT2D eigenvalue weighted by molar-refractivity contribution is 8.26. The van der Waals surface area contributed by atoms with Crippen molar-refractivity contribution in [2.45, 2.75) is 13.0 Å². The fraction of sp³-hybridized carbons (Fsp3) is 0.154. The number of ether oxygens (including phenoxy) is 1. The molecule has 2 aliphatic rings. The number of hydrogen-bond donors (Lipinski definition) is 2. The number of carbonyl (C=O) groups excluding carboxylic acids is 2. The van der Waals surface area contributed by atoms with Crippen LogP contribution in [0.2, 0.25) is 0 Å². The van der Waals surface area contributed by atoms with Gasteiger partial charge in [0.25, 0.3) is 11.8 Å². The smallest absolute Gasteiger partial charge is 0.265 e. The molecule has 1 aromatic carbocycles. The van der Waals surface area contributed by atoms with Crippen molar-refractivity contribution < 1.29 is 14.3 Å². The normalized spacial score (nSPS) is 23.1. The van der Waals surface area contributed by atoms with Crippen LogP contribution in [0, 0.1) is 0 Å². The van der Waals surface area contributed by atoms with Crippen LogP contribution in [-0.2, 0) is 9.59 Å². The fourth-order valence-corrected chi connectivity index (χ4v) is 2.93. The lowest BCUT2D eigenvalue weighted by atomic mass is 10.1. The van der Waals surface area contributed by atoms with Crippen LogP contribution in [0.15, 0.2) is 23.1 Å². The van der Waals surface area contributed by atoms with Gasteiger partial charge >= 0.3 is 0 Å². The Hall–Kier alpha value is -1.86. The van der Waals surface area contributed by atoms with Crippen LogP contribution in [0.1, 0.15) is 12.5 Å². The molecule has 0 aliphatic carbocycles. The molecule has 5 nitrogen and oxygen atoms in total. The number of thiocarbonyl (C=S) groups is 1. The zero-order chi connectivity index (χ0) is 14.3. The van der Waals surface area contributed by atoms with Crippen LogP contribution < -0.4 is 15.4 Å². The van der Waals surface area contributed by atoms with E-state index in [9.17, 15) is 9.59 Å². The monoisotopic (exact) mass is 306 g/mol. The van der Waals surface area contributed by atoms with E-state index < -0.39 is 6.10 Å². The average Bonchev–Trinajstić information content (AvgIpc) is 2.70. The minimum Gasteiger partial charge on any atom is -0.479 e. The van der Waals surface area contributed by atoms with Gasteiger partial charge in [0.05, 0.1) is 10.6 Å². The largest absolute Gasteiger partial charge is 0.479 e. The highest BCUT2D eigenvalue weighted by Crippen LogP contribution is 2.32. The highest BCUT2D eigenvalue weighted by atomic mass is 32.2. The first kappa shape index (κ1) is 13.1. The van der Waals surface area contributed by atoms with Gasteiger partial charge in [-0.05, 0) is 30.7 Å². The van der Waals surface area contributed by atoms with Gasteiger partial charge in [0.2, 0.25) is 0 Å². The topological polar surface area (TPSA) is 67.4 Å². The van der Waals surface area contributed by atoms with Gasteiger partial charge < -0.3 is 15.4 Å². The molecule has 7 heteroatoms. The fourth-order valence-electron chi connectivity index (χ4n) is 1.89. The molecule has 1 atom stereocenters. The van der Waals surface area contributed by atoms with Crippen molar-refractivity contribution >= 4 is 51.9 Å². The molecule has 1 aromatic rings. The van der Waals surface area contributed by atoms with E-state index in [4.69, 9.17) is 17.0 Å². The SMILES string of the molecule is C[C@@H]1Oc2ccc(C=C3SC(=S)NC3=O)cc2NC1=O. The van der Waals surface area contributed by atoms with E-state index in [0.717, 1.165) is 5.56 Å². The van der Waals surface area contributed by atoms with E-state index in [1.165, 1.54) is 11.8 Å². The maximum Gasteiger partial charge on any atom is 0.265 e. The number of thioether (sulfide) groups is 1. The molecule has 0 radical (unpaired) electrons. The summed E-state index contributed by atoms with van der Waals surface area (Å²) in [6.45, 7) is 1.69. The zero-order valence-corrected chi connectivity index (χ0v) is 12.1. The summed E-state index contributed by atoms with van der Waals surface area (Å²) in [5, 5.41) is 5.32. The Morgan fingerprint density at radius 3 is 2.85 bits per heavy atom.